The van der Waals surface area contributed by atoms with Gasteiger partial charge < -0.3 is 10.0 Å². The Hall–Kier alpha value is -2.68. The first-order valence-corrected chi connectivity index (χ1v) is 7.97. The van der Waals surface area contributed by atoms with E-state index >= 15 is 0 Å². The van der Waals surface area contributed by atoms with Gasteiger partial charge in [-0.3, -0.25) is 13.9 Å². The third-order valence-corrected chi connectivity index (χ3v) is 4.62. The van der Waals surface area contributed by atoms with Crippen molar-refractivity contribution in [3.8, 4) is 0 Å². The Morgan fingerprint density at radius 2 is 2.22 bits per heavy atom. The van der Waals surface area contributed by atoms with Crippen molar-refractivity contribution in [2.24, 2.45) is 0 Å². The first-order chi connectivity index (χ1) is 11.1. The molecule has 0 saturated heterocycles. The lowest BCUT2D eigenvalue weighted by Gasteiger charge is -2.27. The molecule has 0 aromatic carbocycles. The molecular weight excluding hydrogens is 318 g/mol. The summed E-state index contributed by atoms with van der Waals surface area (Å²) in [5.74, 6) is -1.07. The highest BCUT2D eigenvalue weighted by Crippen LogP contribution is 2.16. The summed E-state index contributed by atoms with van der Waals surface area (Å²) in [6.45, 7) is 1.41. The van der Waals surface area contributed by atoms with Gasteiger partial charge in [0.25, 0.3) is 0 Å². The zero-order valence-electron chi connectivity index (χ0n) is 12.0. The maximum Gasteiger partial charge on any atom is 0.356 e. The van der Waals surface area contributed by atoms with E-state index in [2.05, 4.69) is 10.1 Å². The van der Waals surface area contributed by atoms with Crippen molar-refractivity contribution in [2.45, 2.75) is 19.5 Å². The van der Waals surface area contributed by atoms with E-state index in [9.17, 15) is 9.59 Å². The van der Waals surface area contributed by atoms with E-state index in [1.165, 1.54) is 17.4 Å². The van der Waals surface area contributed by atoms with Crippen LogP contribution in [0.25, 0.3) is 4.96 Å². The van der Waals surface area contributed by atoms with Crippen LogP contribution < -0.4 is 0 Å². The predicted octanol–water partition coefficient (Wildman–Crippen LogP) is 0.875. The standard InChI is InChI=1S/C14H13N5O3S/c20-12(5-9-7-18-3-4-23-14(18)15-9)17-1-2-19-10(8-17)6-11(16-19)13(21)22/h3-4,6-7H,1-2,5,8H2,(H,21,22). The van der Waals surface area contributed by atoms with E-state index in [1.807, 2.05) is 22.2 Å². The summed E-state index contributed by atoms with van der Waals surface area (Å²) < 4.78 is 3.55. The van der Waals surface area contributed by atoms with Gasteiger partial charge in [0.1, 0.15) is 0 Å². The molecule has 1 aliphatic rings. The fourth-order valence-electron chi connectivity index (χ4n) is 2.71. The van der Waals surface area contributed by atoms with Gasteiger partial charge >= 0.3 is 5.97 Å². The summed E-state index contributed by atoms with van der Waals surface area (Å²) in [7, 11) is 0. The zero-order chi connectivity index (χ0) is 16.0. The van der Waals surface area contributed by atoms with Crippen molar-refractivity contribution in [1.82, 2.24) is 24.1 Å². The van der Waals surface area contributed by atoms with E-state index in [4.69, 9.17) is 5.11 Å². The molecule has 0 fully saturated rings. The number of carbonyl (C=O) groups excluding carboxylic acids is 1. The topological polar surface area (TPSA) is 92.7 Å². The molecule has 118 valence electrons. The van der Waals surface area contributed by atoms with Crippen molar-refractivity contribution < 1.29 is 14.7 Å². The van der Waals surface area contributed by atoms with E-state index < -0.39 is 5.97 Å². The molecule has 0 aliphatic carbocycles. The molecule has 4 rings (SSSR count). The highest BCUT2D eigenvalue weighted by Gasteiger charge is 2.24. The maximum absolute atomic E-state index is 12.5. The zero-order valence-corrected chi connectivity index (χ0v) is 12.9. The number of thiazole rings is 1. The quantitative estimate of drug-likeness (QED) is 0.769. The van der Waals surface area contributed by atoms with E-state index in [0.29, 0.717) is 19.6 Å². The number of rotatable bonds is 3. The Labute approximate surface area is 134 Å². The van der Waals surface area contributed by atoms with Gasteiger partial charge in [-0.2, -0.15) is 5.10 Å². The van der Waals surface area contributed by atoms with E-state index in [1.54, 1.807) is 9.58 Å². The average molecular weight is 331 g/mol. The minimum atomic E-state index is -1.05. The molecule has 0 saturated carbocycles. The summed E-state index contributed by atoms with van der Waals surface area (Å²) in [5.41, 5.74) is 1.50. The fourth-order valence-corrected chi connectivity index (χ4v) is 3.43. The number of hydrogen-bond donors (Lipinski definition) is 1. The maximum atomic E-state index is 12.5. The second-order valence-electron chi connectivity index (χ2n) is 5.37. The molecule has 3 aromatic heterocycles. The third kappa shape index (κ3) is 2.48. The molecule has 1 N–H and O–H groups in total. The van der Waals surface area contributed by atoms with E-state index in [0.717, 1.165) is 16.3 Å². The largest absolute Gasteiger partial charge is 0.476 e. The molecule has 0 radical (unpaired) electrons. The summed E-state index contributed by atoms with van der Waals surface area (Å²) in [6.07, 6.45) is 4.02. The van der Waals surface area contributed by atoms with Gasteiger partial charge in [-0.05, 0) is 6.07 Å². The Morgan fingerprint density at radius 1 is 1.35 bits per heavy atom. The van der Waals surface area contributed by atoms with Crippen molar-refractivity contribution in [1.29, 1.82) is 0 Å². The van der Waals surface area contributed by atoms with Gasteiger partial charge in [0.2, 0.25) is 5.91 Å². The lowest BCUT2D eigenvalue weighted by molar-refractivity contribution is -0.132. The smallest absolute Gasteiger partial charge is 0.356 e. The van der Waals surface area contributed by atoms with Crippen LogP contribution in [0.15, 0.2) is 23.8 Å². The molecule has 8 nitrogen and oxygen atoms in total. The van der Waals surface area contributed by atoms with Gasteiger partial charge in [-0.25, -0.2) is 9.78 Å². The third-order valence-electron chi connectivity index (χ3n) is 3.85. The Bertz CT molecular complexity index is 880. The van der Waals surface area contributed by atoms with Crippen molar-refractivity contribution >= 4 is 28.2 Å². The SMILES string of the molecule is O=C(O)c1cc2n(n1)CCN(C(=O)Cc1cn3ccsc3n1)C2. The Morgan fingerprint density at radius 3 is 3.00 bits per heavy atom. The number of carbonyl (C=O) groups is 2. The monoisotopic (exact) mass is 331 g/mol. The van der Waals surface area contributed by atoms with Crippen molar-refractivity contribution in [3.05, 3.63) is 40.9 Å². The van der Waals surface area contributed by atoms with Gasteiger partial charge in [0.15, 0.2) is 10.7 Å². The molecule has 0 atom stereocenters. The Balaban J connectivity index is 1.48. The number of carboxylic acid groups (broad SMARTS) is 1. The summed E-state index contributed by atoms with van der Waals surface area (Å²) >= 11 is 1.53. The van der Waals surface area contributed by atoms with Gasteiger partial charge in [0, 0.05) is 24.3 Å². The minimum Gasteiger partial charge on any atom is -0.476 e. The normalized spacial score (nSPS) is 14.2. The van der Waals surface area contributed by atoms with Crippen LogP contribution in [0.3, 0.4) is 0 Å². The highest BCUT2D eigenvalue weighted by atomic mass is 32.1. The van der Waals surface area contributed by atoms with Crippen molar-refractivity contribution in [3.63, 3.8) is 0 Å². The van der Waals surface area contributed by atoms with Crippen LogP contribution in [0.4, 0.5) is 0 Å². The molecule has 0 spiro atoms. The predicted molar refractivity (Wildman–Crippen MR) is 81.4 cm³/mol. The highest BCUT2D eigenvalue weighted by molar-refractivity contribution is 7.15. The fraction of sp³-hybridized carbons (Fsp3) is 0.286. The number of hydrogen-bond acceptors (Lipinski definition) is 5. The first-order valence-electron chi connectivity index (χ1n) is 7.09. The van der Waals surface area contributed by atoms with Crippen LogP contribution >= 0.6 is 11.3 Å². The van der Waals surface area contributed by atoms with Crippen LogP contribution in [0.1, 0.15) is 21.9 Å². The number of aromatic nitrogens is 4. The number of aromatic carboxylic acids is 1. The van der Waals surface area contributed by atoms with Crippen LogP contribution in [0.5, 0.6) is 0 Å². The number of fused-ring (bicyclic) bond motifs is 2. The second kappa shape index (κ2) is 5.20. The average Bonchev–Trinajstić information content (AvgIpc) is 3.19. The summed E-state index contributed by atoms with van der Waals surface area (Å²) in [6, 6.07) is 1.52. The van der Waals surface area contributed by atoms with Crippen LogP contribution in [-0.4, -0.2) is 47.6 Å². The molecule has 0 unspecified atom stereocenters. The van der Waals surface area contributed by atoms with Crippen molar-refractivity contribution in [2.75, 3.05) is 6.54 Å². The first kappa shape index (κ1) is 13.9. The van der Waals surface area contributed by atoms with Gasteiger partial charge in [0.05, 0.1) is 30.9 Å². The summed E-state index contributed by atoms with van der Waals surface area (Å²) in [5, 5.41) is 14.9. The molecule has 23 heavy (non-hydrogen) atoms. The lowest BCUT2D eigenvalue weighted by Crippen LogP contribution is -2.39. The van der Waals surface area contributed by atoms with Crippen LogP contribution in [0, 0.1) is 0 Å². The van der Waals surface area contributed by atoms with Gasteiger partial charge in [-0.15, -0.1) is 11.3 Å². The molecule has 4 heterocycles. The molecular formula is C14H13N5O3S. The van der Waals surface area contributed by atoms with Crippen LogP contribution in [0.2, 0.25) is 0 Å². The van der Waals surface area contributed by atoms with Gasteiger partial charge in [-0.1, -0.05) is 0 Å². The molecule has 9 heteroatoms. The number of nitrogens with zero attached hydrogens (tertiary/aromatic N) is 5. The molecule has 0 bridgehead atoms. The molecule has 3 aromatic rings. The van der Waals surface area contributed by atoms with E-state index in [-0.39, 0.29) is 18.0 Å². The lowest BCUT2D eigenvalue weighted by atomic mass is 10.2. The molecule has 1 aliphatic heterocycles. The van der Waals surface area contributed by atoms with Crippen LogP contribution in [-0.2, 0) is 24.3 Å². The second-order valence-corrected chi connectivity index (χ2v) is 6.24. The number of imidazole rings is 1. The molecule has 1 amide bonds. The number of amides is 1. The Kier molecular flexibility index (Phi) is 3.15. The minimum absolute atomic E-state index is 0.0138. The summed E-state index contributed by atoms with van der Waals surface area (Å²) in [4.78, 5) is 30.4. The number of carboxylic acids is 1.